The van der Waals surface area contributed by atoms with Crippen molar-refractivity contribution in [2.24, 2.45) is 0 Å². The van der Waals surface area contributed by atoms with Crippen LogP contribution in [0.4, 0.5) is 0 Å². The number of nitrogens with zero attached hydrogens (tertiary/aromatic N) is 4. The van der Waals surface area contributed by atoms with Gasteiger partial charge in [0.1, 0.15) is 5.65 Å². The maximum atomic E-state index is 13.5. The summed E-state index contributed by atoms with van der Waals surface area (Å²) in [6.45, 7) is 0.745. The minimum atomic E-state index is -0.724. The molecular weight excluding hydrogens is 404 g/mol. The molecule has 0 bridgehead atoms. The molecule has 2 aromatic carbocycles. The Morgan fingerprint density at radius 2 is 1.94 bits per heavy atom. The van der Waals surface area contributed by atoms with Gasteiger partial charge in [-0.05, 0) is 35.6 Å². The van der Waals surface area contributed by atoms with Crippen LogP contribution >= 0.6 is 0 Å². The number of hydrogen-bond donors (Lipinski definition) is 1. The van der Waals surface area contributed by atoms with E-state index < -0.39 is 6.10 Å². The van der Waals surface area contributed by atoms with E-state index in [1.54, 1.807) is 10.9 Å². The lowest BCUT2D eigenvalue weighted by atomic mass is 9.97. The van der Waals surface area contributed by atoms with Gasteiger partial charge in [-0.15, -0.1) is 0 Å². The maximum Gasteiger partial charge on any atom is 0.261 e. The van der Waals surface area contributed by atoms with Gasteiger partial charge in [-0.2, -0.15) is 0 Å². The van der Waals surface area contributed by atoms with Gasteiger partial charge >= 0.3 is 0 Å². The third kappa shape index (κ3) is 3.09. The van der Waals surface area contributed by atoms with Crippen molar-refractivity contribution < 1.29 is 9.84 Å². The summed E-state index contributed by atoms with van der Waals surface area (Å²) in [5.74, 6) is 0. The van der Waals surface area contributed by atoms with Gasteiger partial charge in [0.15, 0.2) is 0 Å². The molecule has 0 unspecified atom stereocenters. The molecule has 6 rings (SSSR count). The van der Waals surface area contributed by atoms with Gasteiger partial charge < -0.3 is 14.2 Å². The zero-order chi connectivity index (χ0) is 21.7. The van der Waals surface area contributed by atoms with Gasteiger partial charge in [0, 0.05) is 30.8 Å². The highest BCUT2D eigenvalue weighted by Gasteiger charge is 2.27. The number of rotatable bonds is 3. The molecule has 0 spiro atoms. The van der Waals surface area contributed by atoms with Crippen LogP contribution in [-0.4, -0.2) is 43.4 Å². The third-order valence-corrected chi connectivity index (χ3v) is 6.31. The van der Waals surface area contributed by atoms with Gasteiger partial charge in [0.05, 0.1) is 41.7 Å². The SMILES string of the molecule is O=c1c2cc(Cc3cn4ccccc4n3)c3ccccc3c2ncn1[C@H]1CCOC[C@@H]1O. The molecule has 2 atom stereocenters. The standard InChI is InChI=1S/C25H22N4O3/c30-22-14-32-10-8-21(22)29-15-26-24-19-6-2-1-5-18(19)16(12-20(24)25(29)31)11-17-13-28-9-4-3-7-23(28)27-17/h1-7,9,12-13,15,21-22,30H,8,10-11,14H2/t21-,22-/m0/s1. The monoisotopic (exact) mass is 426 g/mol. The van der Waals surface area contributed by atoms with Gasteiger partial charge in [-0.25, -0.2) is 9.97 Å². The van der Waals surface area contributed by atoms with Crippen molar-refractivity contribution in [1.82, 2.24) is 18.9 Å². The molecule has 1 aliphatic rings. The first-order valence-corrected chi connectivity index (χ1v) is 10.8. The summed E-state index contributed by atoms with van der Waals surface area (Å²) in [5.41, 5.74) is 3.40. The van der Waals surface area contributed by atoms with Crippen LogP contribution in [-0.2, 0) is 11.2 Å². The summed E-state index contributed by atoms with van der Waals surface area (Å²) < 4.78 is 8.90. The Balaban J connectivity index is 1.53. The van der Waals surface area contributed by atoms with E-state index in [9.17, 15) is 9.90 Å². The lowest BCUT2D eigenvalue weighted by Crippen LogP contribution is -2.39. The zero-order valence-corrected chi connectivity index (χ0v) is 17.4. The van der Waals surface area contributed by atoms with E-state index in [4.69, 9.17) is 9.72 Å². The molecule has 160 valence electrons. The third-order valence-electron chi connectivity index (χ3n) is 6.31. The number of ether oxygens (including phenoxy) is 1. The van der Waals surface area contributed by atoms with E-state index in [2.05, 4.69) is 11.1 Å². The van der Waals surface area contributed by atoms with Crippen LogP contribution in [0.3, 0.4) is 0 Å². The smallest absolute Gasteiger partial charge is 0.261 e. The molecule has 1 fully saturated rings. The highest BCUT2D eigenvalue weighted by atomic mass is 16.5. The molecule has 32 heavy (non-hydrogen) atoms. The molecule has 3 aromatic heterocycles. The van der Waals surface area contributed by atoms with Crippen LogP contribution in [0.2, 0.25) is 0 Å². The second kappa shape index (κ2) is 7.55. The molecule has 1 aliphatic heterocycles. The predicted octanol–water partition coefficient (Wildman–Crippen LogP) is 3.11. The Morgan fingerprint density at radius 3 is 2.78 bits per heavy atom. The van der Waals surface area contributed by atoms with Crippen molar-refractivity contribution in [3.63, 3.8) is 0 Å². The predicted molar refractivity (Wildman–Crippen MR) is 122 cm³/mol. The first kappa shape index (κ1) is 19.2. The number of benzene rings is 2. The van der Waals surface area contributed by atoms with Gasteiger partial charge in [0.2, 0.25) is 0 Å². The van der Waals surface area contributed by atoms with Crippen molar-refractivity contribution in [1.29, 1.82) is 0 Å². The van der Waals surface area contributed by atoms with Crippen molar-refractivity contribution in [2.75, 3.05) is 13.2 Å². The van der Waals surface area contributed by atoms with E-state index in [1.807, 2.05) is 59.3 Å². The molecular formula is C25H22N4O3. The number of aromatic nitrogens is 4. The second-order valence-electron chi connectivity index (χ2n) is 8.31. The lowest BCUT2D eigenvalue weighted by molar-refractivity contribution is -0.0395. The summed E-state index contributed by atoms with van der Waals surface area (Å²) in [5, 5.41) is 13.0. The number of pyridine rings is 1. The van der Waals surface area contributed by atoms with Gasteiger partial charge in [0.25, 0.3) is 5.56 Å². The fourth-order valence-electron chi connectivity index (χ4n) is 4.73. The van der Waals surface area contributed by atoms with E-state index >= 15 is 0 Å². The summed E-state index contributed by atoms with van der Waals surface area (Å²) in [6, 6.07) is 15.6. The van der Waals surface area contributed by atoms with E-state index in [0.717, 1.165) is 27.7 Å². The normalized spacial score (nSPS) is 19.2. The van der Waals surface area contributed by atoms with Crippen molar-refractivity contribution in [3.8, 4) is 0 Å². The number of imidazole rings is 1. The van der Waals surface area contributed by atoms with Crippen LogP contribution in [0.25, 0.3) is 27.3 Å². The Morgan fingerprint density at radius 1 is 1.09 bits per heavy atom. The van der Waals surface area contributed by atoms with Crippen molar-refractivity contribution in [2.45, 2.75) is 25.0 Å². The van der Waals surface area contributed by atoms with E-state index in [1.165, 1.54) is 0 Å². The molecule has 0 saturated carbocycles. The summed E-state index contributed by atoms with van der Waals surface area (Å²) in [6.07, 6.45) is 6.03. The second-order valence-corrected chi connectivity index (χ2v) is 8.31. The van der Waals surface area contributed by atoms with Crippen LogP contribution in [0.1, 0.15) is 23.7 Å². The Labute approximate surface area is 183 Å². The molecule has 0 radical (unpaired) electrons. The number of hydrogen-bond acceptors (Lipinski definition) is 5. The molecule has 0 amide bonds. The van der Waals surface area contributed by atoms with E-state index in [-0.39, 0.29) is 18.2 Å². The van der Waals surface area contributed by atoms with Crippen LogP contribution in [0.15, 0.2) is 72.0 Å². The zero-order valence-electron chi connectivity index (χ0n) is 17.4. The maximum absolute atomic E-state index is 13.5. The molecule has 7 heteroatoms. The average Bonchev–Trinajstić information content (AvgIpc) is 3.23. The Kier molecular flexibility index (Phi) is 4.52. The minimum Gasteiger partial charge on any atom is -0.389 e. The summed E-state index contributed by atoms with van der Waals surface area (Å²) in [4.78, 5) is 22.9. The Hall–Kier alpha value is -3.55. The van der Waals surface area contributed by atoms with Crippen molar-refractivity contribution in [3.05, 3.63) is 88.9 Å². The first-order chi connectivity index (χ1) is 15.7. The molecule has 1 saturated heterocycles. The van der Waals surface area contributed by atoms with Gasteiger partial charge in [-0.1, -0.05) is 30.3 Å². The summed E-state index contributed by atoms with van der Waals surface area (Å²) in [7, 11) is 0. The van der Waals surface area contributed by atoms with Crippen molar-refractivity contribution >= 4 is 27.3 Å². The molecule has 5 aromatic rings. The average molecular weight is 426 g/mol. The molecule has 4 heterocycles. The molecule has 1 N–H and O–H groups in total. The highest BCUT2D eigenvalue weighted by molar-refractivity contribution is 6.06. The highest BCUT2D eigenvalue weighted by Crippen LogP contribution is 2.28. The van der Waals surface area contributed by atoms with E-state index in [0.29, 0.717) is 30.4 Å². The fourth-order valence-corrected chi connectivity index (χ4v) is 4.73. The fraction of sp³-hybridized carbons (Fsp3) is 0.240. The lowest BCUT2D eigenvalue weighted by Gasteiger charge is -2.29. The van der Waals surface area contributed by atoms with Crippen LogP contribution in [0, 0.1) is 0 Å². The Bertz CT molecular complexity index is 1490. The summed E-state index contributed by atoms with van der Waals surface area (Å²) >= 11 is 0. The largest absolute Gasteiger partial charge is 0.389 e. The minimum absolute atomic E-state index is 0.136. The quantitative estimate of drug-likeness (QED) is 0.449. The molecule has 7 nitrogen and oxygen atoms in total. The van der Waals surface area contributed by atoms with Crippen LogP contribution in [0.5, 0.6) is 0 Å². The number of aliphatic hydroxyl groups excluding tert-OH is 1. The molecule has 0 aliphatic carbocycles. The number of aliphatic hydroxyl groups is 1. The van der Waals surface area contributed by atoms with Gasteiger partial charge in [-0.3, -0.25) is 9.36 Å². The number of fused-ring (bicyclic) bond motifs is 4. The topological polar surface area (TPSA) is 81.7 Å². The van der Waals surface area contributed by atoms with Crippen LogP contribution < -0.4 is 5.56 Å². The first-order valence-electron chi connectivity index (χ1n) is 10.8.